The molecule has 2 aromatic rings. The minimum absolute atomic E-state index is 0.514. The molecule has 0 radical (unpaired) electrons. The first-order valence-corrected chi connectivity index (χ1v) is 7.65. The second kappa shape index (κ2) is 4.38. The topological polar surface area (TPSA) is 17.0 Å². The Bertz CT molecular complexity index is 578. The van der Waals surface area contributed by atoms with Crippen molar-refractivity contribution in [2.75, 3.05) is 13.1 Å². The van der Waals surface area contributed by atoms with E-state index in [4.69, 9.17) is 0 Å². The van der Waals surface area contributed by atoms with E-state index in [0.29, 0.717) is 11.5 Å². The highest BCUT2D eigenvalue weighted by Gasteiger charge is 2.43. The van der Waals surface area contributed by atoms with Crippen LogP contribution in [0.25, 0.3) is 10.9 Å². The highest BCUT2D eigenvalue weighted by atomic mass is 15.1. The number of benzene rings is 1. The molecule has 1 aromatic carbocycles. The third kappa shape index (κ3) is 1.73. The number of fused-ring (bicyclic) bond motifs is 1. The predicted molar refractivity (Wildman–Crippen MR) is 79.4 cm³/mol. The largest absolute Gasteiger partial charge is 0.344 e. The van der Waals surface area contributed by atoms with Gasteiger partial charge < -0.3 is 9.88 Å². The third-order valence-electron chi connectivity index (χ3n) is 5.34. The van der Waals surface area contributed by atoms with Crippen LogP contribution in [-0.2, 0) is 0 Å². The van der Waals surface area contributed by atoms with Crippen molar-refractivity contribution < 1.29 is 0 Å². The van der Waals surface area contributed by atoms with Crippen LogP contribution in [0.15, 0.2) is 36.5 Å². The SMILES string of the molecule is c1ccc2c(c1)ccn2C1CCNCC12CCCC2. The summed E-state index contributed by atoms with van der Waals surface area (Å²) in [5.41, 5.74) is 1.93. The molecule has 1 N–H and O–H groups in total. The maximum absolute atomic E-state index is 3.64. The Hall–Kier alpha value is -1.28. The molecule has 1 aliphatic heterocycles. The summed E-state index contributed by atoms with van der Waals surface area (Å²) in [5.74, 6) is 0. The Labute approximate surface area is 114 Å². The molecule has 4 rings (SSSR count). The zero-order valence-corrected chi connectivity index (χ0v) is 11.4. The minimum atomic E-state index is 0.514. The van der Waals surface area contributed by atoms with Gasteiger partial charge in [0.2, 0.25) is 0 Å². The van der Waals surface area contributed by atoms with Gasteiger partial charge in [-0.3, -0.25) is 0 Å². The molecule has 1 spiro atoms. The molecule has 0 bridgehead atoms. The Balaban J connectivity index is 1.81. The molecule has 1 atom stereocenters. The molecular weight excluding hydrogens is 232 g/mol. The van der Waals surface area contributed by atoms with Gasteiger partial charge in [-0.2, -0.15) is 0 Å². The maximum atomic E-state index is 3.64. The van der Waals surface area contributed by atoms with Crippen molar-refractivity contribution in [2.24, 2.45) is 5.41 Å². The molecular formula is C17H22N2. The zero-order chi connectivity index (χ0) is 12.7. The van der Waals surface area contributed by atoms with Gasteiger partial charge in [0.15, 0.2) is 0 Å². The predicted octanol–water partition coefficient (Wildman–Crippen LogP) is 3.74. The highest BCUT2D eigenvalue weighted by molar-refractivity contribution is 5.80. The molecule has 1 aliphatic carbocycles. The van der Waals surface area contributed by atoms with Crippen molar-refractivity contribution in [1.82, 2.24) is 9.88 Å². The molecule has 0 amide bonds. The number of hydrogen-bond acceptors (Lipinski definition) is 1. The Kier molecular flexibility index (Phi) is 2.66. The van der Waals surface area contributed by atoms with Crippen LogP contribution in [0.5, 0.6) is 0 Å². The van der Waals surface area contributed by atoms with E-state index in [1.807, 2.05) is 0 Å². The number of nitrogens with one attached hydrogen (secondary N) is 1. The Morgan fingerprint density at radius 3 is 2.84 bits per heavy atom. The monoisotopic (exact) mass is 254 g/mol. The fourth-order valence-electron chi connectivity index (χ4n) is 4.40. The molecule has 2 heteroatoms. The van der Waals surface area contributed by atoms with E-state index < -0.39 is 0 Å². The molecule has 2 heterocycles. The molecule has 19 heavy (non-hydrogen) atoms. The molecule has 2 nitrogen and oxygen atoms in total. The molecule has 1 saturated heterocycles. The van der Waals surface area contributed by atoms with Crippen LogP contribution in [-0.4, -0.2) is 17.7 Å². The van der Waals surface area contributed by atoms with Gasteiger partial charge in [-0.05, 0) is 43.3 Å². The summed E-state index contributed by atoms with van der Waals surface area (Å²) in [6.45, 7) is 2.38. The summed E-state index contributed by atoms with van der Waals surface area (Å²) in [6, 6.07) is 11.8. The zero-order valence-electron chi connectivity index (χ0n) is 11.4. The number of rotatable bonds is 1. The Morgan fingerprint density at radius 2 is 1.95 bits per heavy atom. The van der Waals surface area contributed by atoms with E-state index >= 15 is 0 Å². The lowest BCUT2D eigenvalue weighted by molar-refractivity contribution is 0.128. The molecule has 1 unspecified atom stereocenters. The van der Waals surface area contributed by atoms with Crippen LogP contribution in [0.3, 0.4) is 0 Å². The number of piperidine rings is 1. The third-order valence-corrected chi connectivity index (χ3v) is 5.34. The molecule has 100 valence electrons. The molecule has 1 aromatic heterocycles. The normalized spacial score (nSPS) is 26.2. The van der Waals surface area contributed by atoms with Crippen molar-refractivity contribution >= 4 is 10.9 Å². The van der Waals surface area contributed by atoms with E-state index in [9.17, 15) is 0 Å². The average Bonchev–Trinajstić information content (AvgIpc) is 3.07. The lowest BCUT2D eigenvalue weighted by Crippen LogP contribution is -2.45. The quantitative estimate of drug-likeness (QED) is 0.820. The molecule has 2 aliphatic rings. The lowest BCUT2D eigenvalue weighted by Gasteiger charge is -2.43. The van der Waals surface area contributed by atoms with E-state index in [-0.39, 0.29) is 0 Å². The Morgan fingerprint density at radius 1 is 1.11 bits per heavy atom. The van der Waals surface area contributed by atoms with Crippen molar-refractivity contribution in [3.8, 4) is 0 Å². The summed E-state index contributed by atoms with van der Waals surface area (Å²) < 4.78 is 2.57. The van der Waals surface area contributed by atoms with Gasteiger partial charge in [0.05, 0.1) is 0 Å². The second-order valence-corrected chi connectivity index (χ2v) is 6.33. The van der Waals surface area contributed by atoms with Gasteiger partial charge in [0.25, 0.3) is 0 Å². The lowest BCUT2D eigenvalue weighted by atomic mass is 9.74. The summed E-state index contributed by atoms with van der Waals surface area (Å²) >= 11 is 0. The van der Waals surface area contributed by atoms with Gasteiger partial charge in [-0.1, -0.05) is 31.0 Å². The van der Waals surface area contributed by atoms with Crippen molar-refractivity contribution in [3.63, 3.8) is 0 Å². The van der Waals surface area contributed by atoms with Gasteiger partial charge in [-0.15, -0.1) is 0 Å². The first-order chi connectivity index (χ1) is 9.39. The number of para-hydroxylation sites is 1. The fourth-order valence-corrected chi connectivity index (χ4v) is 4.40. The number of nitrogens with zero attached hydrogens (tertiary/aromatic N) is 1. The summed E-state index contributed by atoms with van der Waals surface area (Å²) in [4.78, 5) is 0. The standard InChI is InChI=1S/C17H22N2/c1-2-6-15-14(5-1)8-12-19(15)16-7-11-18-13-17(16)9-3-4-10-17/h1-2,5-6,8,12,16,18H,3-4,7,9-11,13H2. The van der Waals surface area contributed by atoms with Crippen molar-refractivity contribution in [2.45, 2.75) is 38.1 Å². The molecule has 2 fully saturated rings. The smallest absolute Gasteiger partial charge is 0.0483 e. The van der Waals surface area contributed by atoms with Gasteiger partial charge in [0.1, 0.15) is 0 Å². The van der Waals surface area contributed by atoms with Gasteiger partial charge in [0, 0.05) is 29.7 Å². The van der Waals surface area contributed by atoms with E-state index in [0.717, 1.165) is 0 Å². The van der Waals surface area contributed by atoms with Crippen molar-refractivity contribution in [1.29, 1.82) is 0 Å². The van der Waals surface area contributed by atoms with Crippen LogP contribution >= 0.6 is 0 Å². The van der Waals surface area contributed by atoms with Crippen molar-refractivity contribution in [3.05, 3.63) is 36.5 Å². The van der Waals surface area contributed by atoms with Crippen LogP contribution in [0, 0.1) is 5.41 Å². The highest BCUT2D eigenvalue weighted by Crippen LogP contribution is 2.49. The fraction of sp³-hybridized carbons (Fsp3) is 0.529. The summed E-state index contributed by atoms with van der Waals surface area (Å²) in [6.07, 6.45) is 9.22. The first kappa shape index (κ1) is 11.5. The first-order valence-electron chi connectivity index (χ1n) is 7.65. The van der Waals surface area contributed by atoms with E-state index in [2.05, 4.69) is 46.4 Å². The number of aromatic nitrogens is 1. The van der Waals surface area contributed by atoms with E-state index in [1.54, 1.807) is 0 Å². The van der Waals surface area contributed by atoms with E-state index in [1.165, 1.54) is 56.1 Å². The number of hydrogen-bond donors (Lipinski definition) is 1. The average molecular weight is 254 g/mol. The van der Waals surface area contributed by atoms with Crippen LogP contribution in [0.1, 0.15) is 38.1 Å². The molecule has 1 saturated carbocycles. The maximum Gasteiger partial charge on any atom is 0.0483 e. The summed E-state index contributed by atoms with van der Waals surface area (Å²) in [7, 11) is 0. The van der Waals surface area contributed by atoms with Gasteiger partial charge >= 0.3 is 0 Å². The van der Waals surface area contributed by atoms with Crippen LogP contribution in [0.4, 0.5) is 0 Å². The second-order valence-electron chi connectivity index (χ2n) is 6.33. The van der Waals surface area contributed by atoms with Gasteiger partial charge in [-0.25, -0.2) is 0 Å². The minimum Gasteiger partial charge on any atom is -0.344 e. The summed E-state index contributed by atoms with van der Waals surface area (Å²) in [5, 5.41) is 5.03. The van der Waals surface area contributed by atoms with Crippen LogP contribution in [0.2, 0.25) is 0 Å². The van der Waals surface area contributed by atoms with Crippen LogP contribution < -0.4 is 5.32 Å².